The fraction of sp³-hybridized carbons (Fsp3) is 0.917. The van der Waals surface area contributed by atoms with Crippen molar-refractivity contribution >= 4 is 5.97 Å². The summed E-state index contributed by atoms with van der Waals surface area (Å²) in [7, 11) is 0. The van der Waals surface area contributed by atoms with Gasteiger partial charge in [-0.1, -0.05) is 0 Å². The lowest BCUT2D eigenvalue weighted by Gasteiger charge is -2.49. The Morgan fingerprint density at radius 3 is 1.05 bits per heavy atom. The molecule has 0 saturated carbocycles. The van der Waals surface area contributed by atoms with Crippen LogP contribution in [0, 0.1) is 0 Å². The van der Waals surface area contributed by atoms with E-state index in [0.717, 1.165) is 0 Å². The third-order valence-corrected chi connectivity index (χ3v) is 2.00. The molecule has 1 unspecified atom stereocenters. The zero-order valence-electron chi connectivity index (χ0n) is 12.7. The minimum Gasteiger partial charge on any atom is -0.479 e. The van der Waals surface area contributed by atoms with Gasteiger partial charge in [0.05, 0.1) is 0 Å². The summed E-state index contributed by atoms with van der Waals surface area (Å²) in [6, 6.07) is 0. The summed E-state index contributed by atoms with van der Waals surface area (Å²) in [5.74, 6) is -1.19. The van der Waals surface area contributed by atoms with E-state index < -0.39 is 29.2 Å². The molecule has 0 fully saturated rings. The third-order valence-electron chi connectivity index (χ3n) is 2.00. The lowest BCUT2D eigenvalue weighted by molar-refractivity contribution is -0.288. The number of hydrogen-bond acceptors (Lipinski definition) is 6. The van der Waals surface area contributed by atoms with Gasteiger partial charge >= 0.3 is 5.97 Å². The Labute approximate surface area is 114 Å². The second kappa shape index (κ2) is 6.62. The van der Waals surface area contributed by atoms with E-state index in [4.69, 9.17) is 10.2 Å². The number of carbonyl (C=O) groups is 1. The van der Waals surface area contributed by atoms with E-state index in [1.54, 1.807) is 0 Å². The molecule has 0 aromatic rings. The van der Waals surface area contributed by atoms with Crippen LogP contribution in [0.2, 0.25) is 0 Å². The molecule has 7 heteroatoms. The van der Waals surface area contributed by atoms with Crippen molar-refractivity contribution < 1.29 is 30.3 Å². The Morgan fingerprint density at radius 2 is 1.05 bits per heavy atom. The normalized spacial score (nSPS) is 14.7. The molecular weight excluding hydrogens is 254 g/mol. The van der Waals surface area contributed by atoms with Crippen molar-refractivity contribution in [3.63, 3.8) is 0 Å². The molecule has 0 aromatic carbocycles. The number of aliphatic hydroxyl groups is 4. The number of aliphatic carboxylic acids is 1. The molecular formula is C12H27NO6. The van der Waals surface area contributed by atoms with Crippen LogP contribution in [-0.4, -0.2) is 59.7 Å². The van der Waals surface area contributed by atoms with Crippen LogP contribution in [0.4, 0.5) is 0 Å². The van der Waals surface area contributed by atoms with Crippen LogP contribution in [0.5, 0.6) is 0 Å². The van der Waals surface area contributed by atoms with Crippen LogP contribution in [0.15, 0.2) is 0 Å². The maximum Gasteiger partial charge on any atom is 0.332 e. The van der Waals surface area contributed by atoms with Crippen molar-refractivity contribution in [1.29, 1.82) is 0 Å². The van der Waals surface area contributed by atoms with Gasteiger partial charge in [0, 0.05) is 0 Å². The Kier molecular flexibility index (Phi) is 7.18. The van der Waals surface area contributed by atoms with Crippen molar-refractivity contribution in [2.75, 3.05) is 0 Å². The first kappa shape index (κ1) is 20.6. The predicted octanol–water partition coefficient (Wildman–Crippen LogP) is -0.0746. The molecule has 0 radical (unpaired) electrons. The van der Waals surface area contributed by atoms with Gasteiger partial charge in [0.2, 0.25) is 0 Å². The summed E-state index contributed by atoms with van der Waals surface area (Å²) in [6.45, 7) is 10.3. The first-order valence-corrected chi connectivity index (χ1v) is 5.89. The highest BCUT2D eigenvalue weighted by atomic mass is 16.4. The molecule has 0 bridgehead atoms. The van der Waals surface area contributed by atoms with E-state index in [0.29, 0.717) is 0 Å². The van der Waals surface area contributed by atoms with Gasteiger partial charge in [-0.3, -0.25) is 0 Å². The number of nitrogens with zero attached hydrogens (tertiary/aromatic N) is 1. The second-order valence-corrected chi connectivity index (χ2v) is 5.83. The molecule has 0 rings (SSSR count). The average Bonchev–Trinajstić information content (AvgIpc) is 1.93. The molecule has 5 N–H and O–H groups in total. The fourth-order valence-corrected chi connectivity index (χ4v) is 2.01. The van der Waals surface area contributed by atoms with Crippen molar-refractivity contribution in [2.45, 2.75) is 71.7 Å². The van der Waals surface area contributed by atoms with Crippen molar-refractivity contribution in [2.24, 2.45) is 0 Å². The molecule has 7 nitrogen and oxygen atoms in total. The average molecular weight is 281 g/mol. The SMILES string of the molecule is CC(C)(O)N(C(C)(C)O)C(C)(C)O.CC(O)C(=O)O. The van der Waals surface area contributed by atoms with Gasteiger partial charge in [0.25, 0.3) is 0 Å². The maximum absolute atomic E-state index is 9.75. The number of carboxylic acids is 1. The van der Waals surface area contributed by atoms with Crippen LogP contribution in [0.1, 0.15) is 48.5 Å². The van der Waals surface area contributed by atoms with Gasteiger partial charge < -0.3 is 25.5 Å². The van der Waals surface area contributed by atoms with Gasteiger partial charge in [-0.15, -0.1) is 0 Å². The van der Waals surface area contributed by atoms with Crippen molar-refractivity contribution in [3.05, 3.63) is 0 Å². The van der Waals surface area contributed by atoms with E-state index in [9.17, 15) is 20.1 Å². The molecule has 0 heterocycles. The second-order valence-electron chi connectivity index (χ2n) is 5.83. The van der Waals surface area contributed by atoms with Gasteiger partial charge in [0.1, 0.15) is 23.3 Å². The monoisotopic (exact) mass is 281 g/mol. The fourth-order valence-electron chi connectivity index (χ4n) is 2.01. The lowest BCUT2D eigenvalue weighted by atomic mass is 10.1. The first-order chi connectivity index (χ1) is 8.01. The molecule has 19 heavy (non-hydrogen) atoms. The van der Waals surface area contributed by atoms with Crippen LogP contribution >= 0.6 is 0 Å². The predicted molar refractivity (Wildman–Crippen MR) is 70.0 cm³/mol. The van der Waals surface area contributed by atoms with E-state index >= 15 is 0 Å². The highest BCUT2D eigenvalue weighted by Crippen LogP contribution is 2.29. The van der Waals surface area contributed by atoms with Crippen molar-refractivity contribution in [3.8, 4) is 0 Å². The molecule has 0 amide bonds. The van der Waals surface area contributed by atoms with Crippen LogP contribution in [0.25, 0.3) is 0 Å². The quantitative estimate of drug-likeness (QED) is 0.457. The standard InChI is InChI=1S/C9H21NO3.C3H6O3/c1-7(2,11)10(8(3,4)12)9(5,6)13;1-2(4)3(5)6/h11-13H,1-6H3;2,4H,1H3,(H,5,6). The molecule has 116 valence electrons. The van der Waals surface area contributed by atoms with E-state index in [2.05, 4.69) is 0 Å². The smallest absolute Gasteiger partial charge is 0.332 e. The zero-order valence-corrected chi connectivity index (χ0v) is 12.7. The number of carboxylic acid groups (broad SMARTS) is 1. The van der Waals surface area contributed by atoms with E-state index in [1.807, 2.05) is 0 Å². The van der Waals surface area contributed by atoms with Crippen molar-refractivity contribution in [1.82, 2.24) is 4.90 Å². The summed E-state index contributed by atoms with van der Waals surface area (Å²) in [6.07, 6.45) is -1.23. The summed E-state index contributed by atoms with van der Waals surface area (Å²) >= 11 is 0. The highest BCUT2D eigenvalue weighted by Gasteiger charge is 2.43. The van der Waals surface area contributed by atoms with Gasteiger partial charge in [0.15, 0.2) is 0 Å². The van der Waals surface area contributed by atoms with Gasteiger partial charge in [-0.05, 0) is 48.5 Å². The summed E-state index contributed by atoms with van der Waals surface area (Å²) in [4.78, 5) is 10.7. The largest absolute Gasteiger partial charge is 0.479 e. The number of rotatable bonds is 4. The molecule has 0 aromatic heterocycles. The summed E-state index contributed by atoms with van der Waals surface area (Å²) in [5, 5.41) is 45.0. The minimum atomic E-state index is -1.28. The highest BCUT2D eigenvalue weighted by molar-refractivity contribution is 5.71. The molecule has 0 aliphatic heterocycles. The molecule has 0 spiro atoms. The number of hydrogen-bond donors (Lipinski definition) is 5. The van der Waals surface area contributed by atoms with Crippen LogP contribution in [0.3, 0.4) is 0 Å². The van der Waals surface area contributed by atoms with Gasteiger partial charge in [-0.25, -0.2) is 9.69 Å². The van der Waals surface area contributed by atoms with Crippen LogP contribution in [-0.2, 0) is 4.79 Å². The molecule has 0 aliphatic rings. The summed E-state index contributed by atoms with van der Waals surface area (Å²) in [5.41, 5.74) is -3.84. The molecule has 0 aliphatic carbocycles. The summed E-state index contributed by atoms with van der Waals surface area (Å²) < 4.78 is 0. The Morgan fingerprint density at radius 1 is 0.895 bits per heavy atom. The minimum absolute atomic E-state index is 1.19. The maximum atomic E-state index is 9.75. The Bertz CT molecular complexity index is 249. The number of aliphatic hydroxyl groups excluding tert-OH is 1. The van der Waals surface area contributed by atoms with Gasteiger partial charge in [-0.2, -0.15) is 0 Å². The van der Waals surface area contributed by atoms with E-state index in [-0.39, 0.29) is 0 Å². The first-order valence-electron chi connectivity index (χ1n) is 5.89. The topological polar surface area (TPSA) is 121 Å². The Hall–Kier alpha value is -0.730. The molecule has 1 atom stereocenters. The molecule has 0 saturated heterocycles. The van der Waals surface area contributed by atoms with Crippen LogP contribution < -0.4 is 0 Å². The Balaban J connectivity index is 0. The van der Waals surface area contributed by atoms with E-state index in [1.165, 1.54) is 53.4 Å². The zero-order chi connectivity index (χ0) is 16.2. The lowest BCUT2D eigenvalue weighted by Crippen LogP contribution is -2.64. The third kappa shape index (κ3) is 8.90.